The second-order valence-electron chi connectivity index (χ2n) is 5.56. The van der Waals surface area contributed by atoms with E-state index in [4.69, 9.17) is 18.9 Å². The highest BCUT2D eigenvalue weighted by molar-refractivity contribution is 5.74. The Kier molecular flexibility index (Phi) is 12.5. The molecule has 0 amide bonds. The molecule has 0 saturated carbocycles. The standard InChI is InChI=1S/C13H24N2O8.2ClH/c1-5(14)11(18)22-9-8(17)7(4-16)21-13(20-3)10(9)23-12(19)6(2)15;;/h5-10,13,16-17H,4,14-15H2,1-3H3;2*1H/t5-,6+,7-,8-,9+,10-,13+;;/m1../s1. The average molecular weight is 409 g/mol. The van der Waals surface area contributed by atoms with Gasteiger partial charge in [-0.05, 0) is 13.8 Å². The molecule has 0 bridgehead atoms. The van der Waals surface area contributed by atoms with Gasteiger partial charge >= 0.3 is 11.9 Å². The van der Waals surface area contributed by atoms with E-state index in [1.54, 1.807) is 0 Å². The number of ether oxygens (including phenoxy) is 4. The molecule has 1 saturated heterocycles. The molecule has 1 aliphatic heterocycles. The Morgan fingerprint density at radius 3 is 1.88 bits per heavy atom. The van der Waals surface area contributed by atoms with Gasteiger partial charge in [0, 0.05) is 7.11 Å². The van der Waals surface area contributed by atoms with Gasteiger partial charge in [0.2, 0.25) is 0 Å². The van der Waals surface area contributed by atoms with Crippen LogP contribution in [0.25, 0.3) is 0 Å². The van der Waals surface area contributed by atoms with Crippen LogP contribution in [-0.4, -0.2) is 78.7 Å². The molecule has 7 atom stereocenters. The van der Waals surface area contributed by atoms with Gasteiger partial charge in [-0.3, -0.25) is 0 Å². The van der Waals surface area contributed by atoms with E-state index in [2.05, 4.69) is 11.5 Å². The summed E-state index contributed by atoms with van der Waals surface area (Å²) in [5, 5.41) is 19.5. The lowest BCUT2D eigenvalue weighted by molar-refractivity contribution is -0.409. The molecule has 0 aliphatic carbocycles. The lowest BCUT2D eigenvalue weighted by Crippen LogP contribution is -3.00. The van der Waals surface area contributed by atoms with E-state index in [-0.39, 0.29) is 24.8 Å². The summed E-state index contributed by atoms with van der Waals surface area (Å²) in [6, 6.07) is -1.37. The Morgan fingerprint density at radius 2 is 1.52 bits per heavy atom. The summed E-state index contributed by atoms with van der Waals surface area (Å²) in [4.78, 5) is 23.6. The molecule has 150 valence electrons. The monoisotopic (exact) mass is 408 g/mol. The number of quaternary nitrogens is 2. The van der Waals surface area contributed by atoms with Gasteiger partial charge < -0.3 is 65.4 Å². The first-order valence-corrected chi connectivity index (χ1v) is 7.27. The van der Waals surface area contributed by atoms with Crippen molar-refractivity contribution in [3.05, 3.63) is 0 Å². The van der Waals surface area contributed by atoms with Gasteiger partial charge in [-0.2, -0.15) is 0 Å². The smallest absolute Gasteiger partial charge is 0.365 e. The number of aliphatic hydroxyl groups excluding tert-OH is 2. The van der Waals surface area contributed by atoms with Crippen molar-refractivity contribution < 1.29 is 75.0 Å². The summed E-state index contributed by atoms with van der Waals surface area (Å²) in [6.07, 6.45) is -6.02. The maximum Gasteiger partial charge on any atom is 0.365 e. The Bertz CT molecular complexity index is 427. The minimum Gasteiger partial charge on any atom is -1.00 e. The summed E-state index contributed by atoms with van der Waals surface area (Å²) in [5.74, 6) is -1.36. The van der Waals surface area contributed by atoms with Crippen molar-refractivity contribution in [2.45, 2.75) is 56.6 Å². The fraction of sp³-hybridized carbons (Fsp3) is 0.846. The van der Waals surface area contributed by atoms with Gasteiger partial charge in [0.25, 0.3) is 0 Å². The molecule has 0 aromatic carbocycles. The van der Waals surface area contributed by atoms with Crippen LogP contribution in [0.4, 0.5) is 0 Å². The molecule has 0 aromatic rings. The summed E-state index contributed by atoms with van der Waals surface area (Å²) < 4.78 is 20.8. The van der Waals surface area contributed by atoms with Gasteiger partial charge in [-0.25, -0.2) is 9.59 Å². The van der Waals surface area contributed by atoms with Crippen molar-refractivity contribution in [2.75, 3.05) is 13.7 Å². The molecule has 0 unspecified atom stereocenters. The van der Waals surface area contributed by atoms with E-state index < -0.39 is 61.3 Å². The van der Waals surface area contributed by atoms with Crippen LogP contribution in [0.2, 0.25) is 0 Å². The van der Waals surface area contributed by atoms with Gasteiger partial charge in [-0.15, -0.1) is 0 Å². The molecule has 0 aromatic heterocycles. The number of halogens is 2. The third kappa shape index (κ3) is 6.83. The number of aliphatic hydroxyl groups is 2. The lowest BCUT2D eigenvalue weighted by atomic mass is 9.98. The largest absolute Gasteiger partial charge is 1.00 e. The minimum atomic E-state index is -1.40. The minimum absolute atomic E-state index is 0. The molecular formula is C13H26Cl2N2O8. The molecule has 1 aliphatic rings. The van der Waals surface area contributed by atoms with Gasteiger partial charge in [0.1, 0.15) is 12.2 Å². The van der Waals surface area contributed by atoms with E-state index in [0.717, 1.165) is 0 Å². The molecule has 1 heterocycles. The maximum absolute atomic E-state index is 11.8. The number of esters is 2. The number of hydrogen-bond donors (Lipinski definition) is 4. The van der Waals surface area contributed by atoms with Gasteiger partial charge in [0.05, 0.1) is 6.61 Å². The highest BCUT2D eigenvalue weighted by atomic mass is 35.5. The molecule has 8 N–H and O–H groups in total. The topological polar surface area (TPSA) is 167 Å². The zero-order valence-electron chi connectivity index (χ0n) is 14.3. The lowest BCUT2D eigenvalue weighted by Gasteiger charge is -2.42. The van der Waals surface area contributed by atoms with Crippen molar-refractivity contribution in [1.29, 1.82) is 0 Å². The van der Waals surface area contributed by atoms with Crippen LogP contribution in [0.3, 0.4) is 0 Å². The quantitative estimate of drug-likeness (QED) is 0.314. The Hall–Kier alpha value is -0.720. The third-order valence-electron chi connectivity index (χ3n) is 3.34. The fourth-order valence-corrected chi connectivity index (χ4v) is 1.99. The molecular weight excluding hydrogens is 383 g/mol. The van der Waals surface area contributed by atoms with Crippen LogP contribution in [0.5, 0.6) is 0 Å². The van der Waals surface area contributed by atoms with Crippen LogP contribution in [0.1, 0.15) is 13.8 Å². The Labute approximate surface area is 157 Å². The van der Waals surface area contributed by atoms with Crippen LogP contribution in [0, 0.1) is 0 Å². The highest BCUT2D eigenvalue weighted by Gasteiger charge is 2.50. The van der Waals surface area contributed by atoms with Crippen LogP contribution >= 0.6 is 0 Å². The summed E-state index contributed by atoms with van der Waals surface area (Å²) >= 11 is 0. The second-order valence-corrected chi connectivity index (χ2v) is 5.56. The first-order chi connectivity index (χ1) is 10.7. The molecule has 10 nitrogen and oxygen atoms in total. The Morgan fingerprint density at radius 1 is 1.08 bits per heavy atom. The summed E-state index contributed by atoms with van der Waals surface area (Å²) in [5.41, 5.74) is 7.08. The zero-order valence-corrected chi connectivity index (χ0v) is 15.8. The number of methoxy groups -OCH3 is 1. The van der Waals surface area contributed by atoms with Crippen LogP contribution in [0.15, 0.2) is 0 Å². The van der Waals surface area contributed by atoms with Crippen molar-refractivity contribution in [1.82, 2.24) is 0 Å². The van der Waals surface area contributed by atoms with Crippen molar-refractivity contribution >= 4 is 11.9 Å². The molecule has 0 spiro atoms. The van der Waals surface area contributed by atoms with E-state index >= 15 is 0 Å². The molecule has 1 rings (SSSR count). The normalized spacial score (nSPS) is 30.9. The third-order valence-corrected chi connectivity index (χ3v) is 3.34. The van der Waals surface area contributed by atoms with Gasteiger partial charge in [0.15, 0.2) is 30.6 Å². The summed E-state index contributed by atoms with van der Waals surface area (Å²) in [6.45, 7) is 2.52. The predicted molar refractivity (Wildman–Crippen MR) is 73.2 cm³/mol. The van der Waals surface area contributed by atoms with E-state index in [1.165, 1.54) is 21.0 Å². The zero-order chi connectivity index (χ0) is 17.7. The van der Waals surface area contributed by atoms with E-state index in [1.807, 2.05) is 0 Å². The fourth-order valence-electron chi connectivity index (χ4n) is 1.99. The Balaban J connectivity index is 0. The molecule has 1 fully saturated rings. The van der Waals surface area contributed by atoms with Gasteiger partial charge in [-0.1, -0.05) is 0 Å². The summed E-state index contributed by atoms with van der Waals surface area (Å²) in [7, 11) is 1.30. The predicted octanol–water partition coefficient (Wildman–Crippen LogP) is -10.2. The SMILES string of the molecule is CO[C@H]1O[C@H](CO)[C@@H](O)[C@H](OC(=O)[C@@H](C)[NH3+])[C@H]1OC(=O)[C@H](C)[NH3+].[Cl-].[Cl-]. The number of carbonyl (C=O) groups is 2. The van der Waals surface area contributed by atoms with Crippen molar-refractivity contribution in [2.24, 2.45) is 0 Å². The first-order valence-electron chi connectivity index (χ1n) is 7.27. The van der Waals surface area contributed by atoms with Crippen LogP contribution in [-0.2, 0) is 28.5 Å². The number of rotatable bonds is 6. The van der Waals surface area contributed by atoms with Crippen molar-refractivity contribution in [3.63, 3.8) is 0 Å². The molecule has 12 heteroatoms. The number of carbonyl (C=O) groups excluding carboxylic acids is 2. The van der Waals surface area contributed by atoms with E-state index in [0.29, 0.717) is 0 Å². The molecule has 0 radical (unpaired) electrons. The second kappa shape index (κ2) is 11.8. The van der Waals surface area contributed by atoms with E-state index in [9.17, 15) is 19.8 Å². The average Bonchev–Trinajstić information content (AvgIpc) is 2.50. The van der Waals surface area contributed by atoms with Crippen molar-refractivity contribution in [3.8, 4) is 0 Å². The van der Waals surface area contributed by atoms with Crippen LogP contribution < -0.4 is 36.3 Å². The maximum atomic E-state index is 11.8. The number of hydrogen-bond acceptors (Lipinski definition) is 8. The molecule has 25 heavy (non-hydrogen) atoms. The highest BCUT2D eigenvalue weighted by Crippen LogP contribution is 2.27. The first kappa shape index (κ1) is 26.5.